The van der Waals surface area contributed by atoms with E-state index in [0.29, 0.717) is 17.5 Å². The first kappa shape index (κ1) is 11.4. The van der Waals surface area contributed by atoms with Gasteiger partial charge in [0.25, 0.3) is 5.56 Å². The van der Waals surface area contributed by atoms with Gasteiger partial charge in [-0.05, 0) is 25.5 Å². The topological polar surface area (TPSA) is 83.0 Å². The molecule has 0 saturated carbocycles. The molecule has 16 heavy (non-hydrogen) atoms. The first-order valence-electron chi connectivity index (χ1n) is 5.14. The molecule has 1 fully saturated rings. The molecule has 1 aliphatic heterocycles. The largest absolute Gasteiger partial charge is 0.372 e. The Hall–Kier alpha value is -1.08. The SMILES string of the molecule is CSc1nnc(C2CCCCO2)c(=O)n1N. The highest BCUT2D eigenvalue weighted by molar-refractivity contribution is 7.98. The van der Waals surface area contributed by atoms with E-state index in [1.807, 2.05) is 0 Å². The molecule has 0 amide bonds. The fourth-order valence-corrected chi connectivity index (χ4v) is 2.10. The van der Waals surface area contributed by atoms with Crippen LogP contribution in [0.2, 0.25) is 0 Å². The van der Waals surface area contributed by atoms with Crippen molar-refractivity contribution in [1.29, 1.82) is 0 Å². The summed E-state index contributed by atoms with van der Waals surface area (Å²) in [6.45, 7) is 0.667. The standard InChI is InChI=1S/C9H14N4O2S/c1-16-9-12-11-7(8(14)13(9)10)6-4-2-3-5-15-6/h6H,2-5,10H2,1H3. The van der Waals surface area contributed by atoms with Crippen molar-refractivity contribution in [2.24, 2.45) is 0 Å². The normalized spacial score (nSPS) is 20.9. The van der Waals surface area contributed by atoms with E-state index in [0.717, 1.165) is 23.9 Å². The van der Waals surface area contributed by atoms with E-state index < -0.39 is 0 Å². The van der Waals surface area contributed by atoms with Gasteiger partial charge in [-0.25, -0.2) is 0 Å². The molecule has 1 aromatic heterocycles. The van der Waals surface area contributed by atoms with Crippen LogP contribution < -0.4 is 11.4 Å². The van der Waals surface area contributed by atoms with Crippen LogP contribution in [0.25, 0.3) is 0 Å². The minimum absolute atomic E-state index is 0.251. The van der Waals surface area contributed by atoms with E-state index in [9.17, 15) is 4.79 Å². The summed E-state index contributed by atoms with van der Waals surface area (Å²) in [4.78, 5) is 11.9. The lowest BCUT2D eigenvalue weighted by molar-refractivity contribution is 0.0103. The zero-order valence-electron chi connectivity index (χ0n) is 9.05. The Bertz CT molecular complexity index is 428. The molecule has 0 bridgehead atoms. The number of hydrogen-bond acceptors (Lipinski definition) is 6. The smallest absolute Gasteiger partial charge is 0.297 e. The lowest BCUT2D eigenvalue weighted by atomic mass is 10.1. The minimum atomic E-state index is -0.314. The molecule has 7 heteroatoms. The third-order valence-electron chi connectivity index (χ3n) is 2.55. The van der Waals surface area contributed by atoms with Crippen LogP contribution in [-0.2, 0) is 4.74 Å². The lowest BCUT2D eigenvalue weighted by Gasteiger charge is -2.21. The molecule has 0 aliphatic carbocycles. The van der Waals surface area contributed by atoms with Crippen LogP contribution in [0, 0.1) is 0 Å². The van der Waals surface area contributed by atoms with Gasteiger partial charge in [0, 0.05) is 6.61 Å². The highest BCUT2D eigenvalue weighted by atomic mass is 32.2. The van der Waals surface area contributed by atoms with E-state index in [-0.39, 0.29) is 11.7 Å². The summed E-state index contributed by atoms with van der Waals surface area (Å²) in [5.74, 6) is 5.63. The van der Waals surface area contributed by atoms with Gasteiger partial charge < -0.3 is 10.6 Å². The van der Waals surface area contributed by atoms with E-state index in [1.54, 1.807) is 6.26 Å². The molecule has 1 unspecified atom stereocenters. The van der Waals surface area contributed by atoms with E-state index in [1.165, 1.54) is 11.8 Å². The maximum absolute atomic E-state index is 11.9. The van der Waals surface area contributed by atoms with Crippen LogP contribution in [0.4, 0.5) is 0 Å². The molecule has 0 aromatic carbocycles. The van der Waals surface area contributed by atoms with Gasteiger partial charge in [0.2, 0.25) is 5.16 Å². The maximum Gasteiger partial charge on any atom is 0.297 e. The first-order chi connectivity index (χ1) is 7.74. The van der Waals surface area contributed by atoms with Crippen molar-refractivity contribution in [3.63, 3.8) is 0 Å². The second-order valence-electron chi connectivity index (χ2n) is 3.60. The van der Waals surface area contributed by atoms with Crippen LogP contribution in [-0.4, -0.2) is 27.7 Å². The van der Waals surface area contributed by atoms with Crippen molar-refractivity contribution in [2.75, 3.05) is 18.7 Å². The lowest BCUT2D eigenvalue weighted by Crippen LogP contribution is -2.35. The predicted molar refractivity (Wildman–Crippen MR) is 60.8 cm³/mol. The average molecular weight is 242 g/mol. The molecule has 1 aromatic rings. The maximum atomic E-state index is 11.9. The highest BCUT2D eigenvalue weighted by Gasteiger charge is 2.22. The minimum Gasteiger partial charge on any atom is -0.372 e. The zero-order valence-corrected chi connectivity index (χ0v) is 9.87. The number of thioether (sulfide) groups is 1. The summed E-state index contributed by atoms with van der Waals surface area (Å²) in [6.07, 6.45) is 4.43. The number of nitrogens with zero attached hydrogens (tertiary/aromatic N) is 3. The number of rotatable bonds is 2. The molecule has 6 nitrogen and oxygen atoms in total. The Morgan fingerprint density at radius 3 is 2.94 bits per heavy atom. The third kappa shape index (κ3) is 2.05. The molecule has 1 saturated heterocycles. The Morgan fingerprint density at radius 1 is 1.50 bits per heavy atom. The van der Waals surface area contributed by atoms with E-state index in [4.69, 9.17) is 10.6 Å². The summed E-state index contributed by atoms with van der Waals surface area (Å²) < 4.78 is 6.53. The van der Waals surface area contributed by atoms with Crippen molar-refractivity contribution in [3.8, 4) is 0 Å². The third-order valence-corrected chi connectivity index (χ3v) is 3.20. The van der Waals surface area contributed by atoms with Crippen LogP contribution in [0.15, 0.2) is 9.95 Å². The summed E-state index contributed by atoms with van der Waals surface area (Å²) in [7, 11) is 0. The summed E-state index contributed by atoms with van der Waals surface area (Å²) in [5.41, 5.74) is 0.00579. The summed E-state index contributed by atoms with van der Waals surface area (Å²) in [6, 6.07) is 0. The van der Waals surface area contributed by atoms with Gasteiger partial charge in [0.1, 0.15) is 6.10 Å². The van der Waals surface area contributed by atoms with Gasteiger partial charge in [-0.3, -0.25) is 4.79 Å². The molecule has 0 radical (unpaired) electrons. The van der Waals surface area contributed by atoms with Crippen LogP contribution in [0.5, 0.6) is 0 Å². The molecule has 88 valence electrons. The molecule has 1 aliphatic rings. The molecule has 2 heterocycles. The van der Waals surface area contributed by atoms with Gasteiger partial charge in [-0.15, -0.1) is 10.2 Å². The fraction of sp³-hybridized carbons (Fsp3) is 0.667. The predicted octanol–water partition coefficient (Wildman–Crippen LogP) is 0.316. The first-order valence-corrected chi connectivity index (χ1v) is 6.37. The molecule has 0 spiro atoms. The van der Waals surface area contributed by atoms with Crippen molar-refractivity contribution in [1.82, 2.24) is 14.9 Å². The number of nitrogens with two attached hydrogens (primary N) is 1. The van der Waals surface area contributed by atoms with Gasteiger partial charge >= 0.3 is 0 Å². The van der Waals surface area contributed by atoms with Crippen molar-refractivity contribution < 1.29 is 4.74 Å². The number of hydrogen-bond donors (Lipinski definition) is 1. The molecule has 2 N–H and O–H groups in total. The number of aromatic nitrogens is 3. The van der Waals surface area contributed by atoms with E-state index >= 15 is 0 Å². The summed E-state index contributed by atoms with van der Waals surface area (Å²) in [5, 5.41) is 8.24. The monoisotopic (exact) mass is 242 g/mol. The average Bonchev–Trinajstić information content (AvgIpc) is 2.34. The summed E-state index contributed by atoms with van der Waals surface area (Å²) >= 11 is 1.29. The molecular weight excluding hydrogens is 228 g/mol. The van der Waals surface area contributed by atoms with E-state index in [2.05, 4.69) is 10.2 Å². The Labute approximate surface area is 97.2 Å². The second kappa shape index (κ2) is 4.84. The van der Waals surface area contributed by atoms with Crippen LogP contribution >= 0.6 is 11.8 Å². The molecular formula is C9H14N4O2S. The Kier molecular flexibility index (Phi) is 3.45. The number of ether oxygens (including phenoxy) is 1. The molecule has 2 rings (SSSR count). The van der Waals surface area contributed by atoms with Crippen LogP contribution in [0.3, 0.4) is 0 Å². The fourth-order valence-electron chi connectivity index (χ4n) is 1.70. The van der Waals surface area contributed by atoms with Gasteiger partial charge in [-0.1, -0.05) is 11.8 Å². The number of nitrogen functional groups attached to an aromatic ring is 1. The quantitative estimate of drug-likeness (QED) is 0.594. The van der Waals surface area contributed by atoms with Gasteiger partial charge in [0.05, 0.1) is 0 Å². The Morgan fingerprint density at radius 2 is 2.31 bits per heavy atom. The van der Waals surface area contributed by atoms with Crippen molar-refractivity contribution in [2.45, 2.75) is 30.5 Å². The van der Waals surface area contributed by atoms with Gasteiger partial charge in [0.15, 0.2) is 5.69 Å². The van der Waals surface area contributed by atoms with Crippen molar-refractivity contribution >= 4 is 11.8 Å². The van der Waals surface area contributed by atoms with Crippen LogP contribution in [0.1, 0.15) is 31.1 Å². The zero-order chi connectivity index (χ0) is 11.5. The highest BCUT2D eigenvalue weighted by Crippen LogP contribution is 2.24. The second-order valence-corrected chi connectivity index (χ2v) is 4.38. The Balaban J connectivity index is 2.34. The van der Waals surface area contributed by atoms with Crippen molar-refractivity contribution in [3.05, 3.63) is 16.0 Å². The van der Waals surface area contributed by atoms with Gasteiger partial charge in [-0.2, -0.15) is 4.68 Å². The molecule has 1 atom stereocenters.